The number of nitrogens with zero attached hydrogens (tertiary/aromatic N) is 3. The van der Waals surface area contributed by atoms with E-state index in [1.807, 2.05) is 38.1 Å². The van der Waals surface area contributed by atoms with Gasteiger partial charge < -0.3 is 9.64 Å². The van der Waals surface area contributed by atoms with Crippen LogP contribution in [0, 0.1) is 13.8 Å². The van der Waals surface area contributed by atoms with Crippen molar-refractivity contribution in [1.82, 2.24) is 9.97 Å². The van der Waals surface area contributed by atoms with Gasteiger partial charge in [0.15, 0.2) is 6.61 Å². The summed E-state index contributed by atoms with van der Waals surface area (Å²) in [5.41, 5.74) is 5.44. The molecule has 1 aliphatic rings. The molecule has 142 valence electrons. The van der Waals surface area contributed by atoms with Crippen molar-refractivity contribution >= 4 is 28.6 Å². The number of anilines is 1. The van der Waals surface area contributed by atoms with Crippen LogP contribution in [0.4, 0.5) is 5.69 Å². The first kappa shape index (κ1) is 18.1. The minimum atomic E-state index is -0.541. The molecule has 3 aromatic rings. The van der Waals surface area contributed by atoms with Gasteiger partial charge in [-0.15, -0.1) is 0 Å². The summed E-state index contributed by atoms with van der Waals surface area (Å²) in [4.78, 5) is 35.7. The smallest absolute Gasteiger partial charge is 0.338 e. The average Bonchev–Trinajstić information content (AvgIpc) is 2.72. The number of fused-ring (bicyclic) bond motifs is 2. The molecule has 0 fully saturated rings. The molecule has 0 saturated heterocycles. The number of aromatic nitrogens is 2. The van der Waals surface area contributed by atoms with Crippen LogP contribution < -0.4 is 4.90 Å². The number of para-hydroxylation sites is 1. The van der Waals surface area contributed by atoms with Crippen molar-refractivity contribution in [2.45, 2.75) is 26.7 Å². The maximum absolute atomic E-state index is 12.6. The number of hydrogen-bond acceptors (Lipinski definition) is 5. The number of ether oxygens (including phenoxy) is 1. The summed E-state index contributed by atoms with van der Waals surface area (Å²) in [5.74, 6) is -0.756. The topological polar surface area (TPSA) is 72.4 Å². The van der Waals surface area contributed by atoms with E-state index >= 15 is 0 Å². The van der Waals surface area contributed by atoms with Gasteiger partial charge in [0, 0.05) is 12.2 Å². The Morgan fingerprint density at radius 2 is 1.79 bits per heavy atom. The Morgan fingerprint density at radius 1 is 1.04 bits per heavy atom. The van der Waals surface area contributed by atoms with Crippen molar-refractivity contribution < 1.29 is 14.3 Å². The van der Waals surface area contributed by atoms with E-state index in [4.69, 9.17) is 4.74 Å². The van der Waals surface area contributed by atoms with Gasteiger partial charge in [-0.1, -0.05) is 18.2 Å². The maximum Gasteiger partial charge on any atom is 0.338 e. The van der Waals surface area contributed by atoms with E-state index in [1.54, 1.807) is 23.1 Å². The van der Waals surface area contributed by atoms with Gasteiger partial charge in [0.2, 0.25) is 0 Å². The minimum Gasteiger partial charge on any atom is -0.452 e. The lowest BCUT2D eigenvalue weighted by molar-refractivity contribution is -0.121. The van der Waals surface area contributed by atoms with Crippen LogP contribution in [0.15, 0.2) is 42.5 Å². The third kappa shape index (κ3) is 3.45. The molecule has 0 bridgehead atoms. The summed E-state index contributed by atoms with van der Waals surface area (Å²) in [6.07, 6.45) is 1.86. The van der Waals surface area contributed by atoms with Crippen molar-refractivity contribution in [1.29, 1.82) is 0 Å². The Bertz CT molecular complexity index is 1080. The van der Waals surface area contributed by atoms with Gasteiger partial charge in [-0.3, -0.25) is 4.79 Å². The molecule has 0 unspecified atom stereocenters. The summed E-state index contributed by atoms with van der Waals surface area (Å²) < 4.78 is 5.28. The lowest BCUT2D eigenvalue weighted by Crippen LogP contribution is -2.38. The lowest BCUT2D eigenvalue weighted by Gasteiger charge is -2.29. The molecule has 0 saturated carbocycles. The van der Waals surface area contributed by atoms with Gasteiger partial charge >= 0.3 is 5.97 Å². The largest absolute Gasteiger partial charge is 0.452 e. The lowest BCUT2D eigenvalue weighted by atomic mass is 10.0. The molecule has 0 spiro atoms. The van der Waals surface area contributed by atoms with Gasteiger partial charge in [0.25, 0.3) is 5.91 Å². The Kier molecular flexibility index (Phi) is 4.77. The minimum absolute atomic E-state index is 0.215. The summed E-state index contributed by atoms with van der Waals surface area (Å²) in [5, 5.41) is 0. The SMILES string of the molecule is Cc1nc2ccc(C(=O)OCC(=O)N3CCCc4ccccc43)cc2nc1C. The van der Waals surface area contributed by atoms with Crippen molar-refractivity contribution in [3.8, 4) is 0 Å². The number of amides is 1. The van der Waals surface area contributed by atoms with E-state index in [0.29, 0.717) is 17.6 Å². The Balaban J connectivity index is 1.47. The maximum atomic E-state index is 12.6. The molecule has 1 aliphatic heterocycles. The zero-order valence-electron chi connectivity index (χ0n) is 15.9. The predicted octanol–water partition coefficient (Wildman–Crippen LogP) is 3.38. The Labute approximate surface area is 163 Å². The van der Waals surface area contributed by atoms with Crippen LogP contribution in [0.25, 0.3) is 11.0 Å². The first-order valence-corrected chi connectivity index (χ1v) is 9.33. The monoisotopic (exact) mass is 375 g/mol. The normalized spacial score (nSPS) is 13.3. The highest BCUT2D eigenvalue weighted by Gasteiger charge is 2.23. The van der Waals surface area contributed by atoms with Crippen molar-refractivity contribution in [2.24, 2.45) is 0 Å². The summed E-state index contributed by atoms with van der Waals surface area (Å²) >= 11 is 0. The second-order valence-corrected chi connectivity index (χ2v) is 6.95. The highest BCUT2D eigenvalue weighted by atomic mass is 16.5. The van der Waals surface area contributed by atoms with E-state index in [0.717, 1.165) is 41.0 Å². The quantitative estimate of drug-likeness (QED) is 0.656. The van der Waals surface area contributed by atoms with Crippen molar-refractivity contribution in [2.75, 3.05) is 18.1 Å². The molecular weight excluding hydrogens is 354 g/mol. The fourth-order valence-corrected chi connectivity index (χ4v) is 3.44. The fourth-order valence-electron chi connectivity index (χ4n) is 3.44. The van der Waals surface area contributed by atoms with Crippen LogP contribution in [0.2, 0.25) is 0 Å². The molecular formula is C22H21N3O3. The van der Waals surface area contributed by atoms with Crippen LogP contribution in [0.3, 0.4) is 0 Å². The predicted molar refractivity (Wildman–Crippen MR) is 106 cm³/mol. The van der Waals surface area contributed by atoms with Gasteiger partial charge in [-0.05, 0) is 56.5 Å². The first-order chi connectivity index (χ1) is 13.5. The van der Waals surface area contributed by atoms with E-state index in [-0.39, 0.29) is 12.5 Å². The summed E-state index contributed by atoms with van der Waals surface area (Å²) in [6, 6.07) is 12.9. The van der Waals surface area contributed by atoms with E-state index in [9.17, 15) is 9.59 Å². The molecule has 6 nitrogen and oxygen atoms in total. The molecule has 6 heteroatoms. The van der Waals surface area contributed by atoms with Crippen LogP contribution in [-0.2, 0) is 16.0 Å². The number of aryl methyl sites for hydroxylation is 3. The van der Waals surface area contributed by atoms with Crippen LogP contribution in [-0.4, -0.2) is 35.0 Å². The number of hydrogen-bond donors (Lipinski definition) is 0. The standard InChI is InChI=1S/C22H21N3O3/c1-14-15(2)24-19-12-17(9-10-18(19)23-14)22(27)28-13-21(26)25-11-5-7-16-6-3-4-8-20(16)25/h3-4,6,8-10,12H,5,7,11,13H2,1-2H3. The molecule has 28 heavy (non-hydrogen) atoms. The average molecular weight is 375 g/mol. The second-order valence-electron chi connectivity index (χ2n) is 6.95. The van der Waals surface area contributed by atoms with Gasteiger partial charge in [0.05, 0.1) is 28.0 Å². The molecule has 1 amide bonds. The number of rotatable bonds is 3. The highest BCUT2D eigenvalue weighted by Crippen LogP contribution is 2.26. The van der Waals surface area contributed by atoms with E-state index < -0.39 is 5.97 Å². The van der Waals surface area contributed by atoms with Crippen LogP contribution in [0.5, 0.6) is 0 Å². The number of esters is 1. The molecule has 2 aromatic carbocycles. The molecule has 0 atom stereocenters. The van der Waals surface area contributed by atoms with Gasteiger partial charge in [-0.25, -0.2) is 14.8 Å². The number of carbonyl (C=O) groups excluding carboxylic acids is 2. The zero-order valence-corrected chi connectivity index (χ0v) is 15.9. The summed E-state index contributed by atoms with van der Waals surface area (Å²) in [7, 11) is 0. The van der Waals surface area contributed by atoms with E-state index in [1.165, 1.54) is 0 Å². The molecule has 0 N–H and O–H groups in total. The summed E-state index contributed by atoms with van der Waals surface area (Å²) in [6.45, 7) is 4.12. The molecule has 0 aliphatic carbocycles. The van der Waals surface area contributed by atoms with E-state index in [2.05, 4.69) is 9.97 Å². The first-order valence-electron chi connectivity index (χ1n) is 9.33. The fraction of sp³-hybridized carbons (Fsp3) is 0.273. The third-order valence-electron chi connectivity index (χ3n) is 5.05. The zero-order chi connectivity index (χ0) is 19.7. The van der Waals surface area contributed by atoms with Crippen molar-refractivity contribution in [3.05, 3.63) is 65.0 Å². The second kappa shape index (κ2) is 7.38. The number of benzene rings is 2. The van der Waals surface area contributed by atoms with Gasteiger partial charge in [0.1, 0.15) is 0 Å². The van der Waals surface area contributed by atoms with Gasteiger partial charge in [-0.2, -0.15) is 0 Å². The molecule has 2 heterocycles. The van der Waals surface area contributed by atoms with Crippen molar-refractivity contribution in [3.63, 3.8) is 0 Å². The Hall–Kier alpha value is -3.28. The molecule has 4 rings (SSSR count). The Morgan fingerprint density at radius 3 is 2.61 bits per heavy atom. The molecule has 1 aromatic heterocycles. The number of carbonyl (C=O) groups is 2. The highest BCUT2D eigenvalue weighted by molar-refractivity contribution is 5.98. The third-order valence-corrected chi connectivity index (χ3v) is 5.05. The van der Waals surface area contributed by atoms with Crippen LogP contribution >= 0.6 is 0 Å². The molecule has 0 radical (unpaired) electrons. The van der Waals surface area contributed by atoms with Crippen LogP contribution in [0.1, 0.15) is 33.7 Å².